The predicted molar refractivity (Wildman–Crippen MR) is 126 cm³/mol. The van der Waals surface area contributed by atoms with Crippen molar-refractivity contribution in [1.29, 1.82) is 0 Å². The van der Waals surface area contributed by atoms with Crippen molar-refractivity contribution >= 4 is 41.4 Å². The van der Waals surface area contributed by atoms with Crippen LogP contribution >= 0.6 is 11.8 Å². The smallest absolute Gasteiger partial charge is 0.321 e. The van der Waals surface area contributed by atoms with Crippen LogP contribution in [0.25, 0.3) is 0 Å². The molecule has 0 aliphatic rings. The number of aliphatic carboxylic acids is 1. The third kappa shape index (κ3) is 4.47. The van der Waals surface area contributed by atoms with E-state index in [1.807, 2.05) is 18.2 Å². The van der Waals surface area contributed by atoms with Gasteiger partial charge in [-0.3, -0.25) is 4.79 Å². The molecule has 0 spiro atoms. The first-order valence-electron chi connectivity index (χ1n) is 9.87. The first kappa shape index (κ1) is 21.4. The van der Waals surface area contributed by atoms with Crippen LogP contribution in [0.1, 0.15) is 13.3 Å². The summed E-state index contributed by atoms with van der Waals surface area (Å²) in [5.41, 5.74) is 5.87. The zero-order chi connectivity index (χ0) is 20.7. The van der Waals surface area contributed by atoms with E-state index in [2.05, 4.69) is 79.7 Å². The molecule has 0 saturated heterocycles. The standard InChI is InChI=1S/C24H27NO2SSi/c1-2-23(28-18-22(25)24(26)27)29(19-12-6-3-7-13-19,20-14-8-4-9-15-20)21-16-10-5-11-17-21/h3-17,22-23H,2,18,25H2,1H3,(H,26,27). The fourth-order valence-corrected chi connectivity index (χ4v) is 12.2. The molecule has 3 nitrogen and oxygen atoms in total. The Morgan fingerprint density at radius 3 is 1.55 bits per heavy atom. The minimum Gasteiger partial charge on any atom is -0.480 e. The number of hydrogen-bond donors (Lipinski definition) is 2. The molecule has 29 heavy (non-hydrogen) atoms. The van der Waals surface area contributed by atoms with Crippen molar-refractivity contribution in [1.82, 2.24) is 0 Å². The number of hydrogen-bond acceptors (Lipinski definition) is 3. The Bertz CT molecular complexity index is 809. The molecule has 3 aromatic rings. The third-order valence-electron chi connectivity index (χ3n) is 5.34. The molecule has 2 atom stereocenters. The average molecular weight is 422 g/mol. The van der Waals surface area contributed by atoms with Gasteiger partial charge in [0.05, 0.1) is 0 Å². The quantitative estimate of drug-likeness (QED) is 0.412. The maximum absolute atomic E-state index is 11.3. The van der Waals surface area contributed by atoms with Gasteiger partial charge in [0, 0.05) is 10.6 Å². The van der Waals surface area contributed by atoms with E-state index in [0.717, 1.165) is 6.42 Å². The minimum atomic E-state index is -2.44. The molecule has 0 aliphatic heterocycles. The number of carboxylic acid groups (broad SMARTS) is 1. The van der Waals surface area contributed by atoms with E-state index < -0.39 is 20.1 Å². The Morgan fingerprint density at radius 1 is 0.862 bits per heavy atom. The summed E-state index contributed by atoms with van der Waals surface area (Å²) in [6.07, 6.45) is 0.932. The Labute approximate surface area is 178 Å². The van der Waals surface area contributed by atoms with Crippen LogP contribution in [0.3, 0.4) is 0 Å². The minimum absolute atomic E-state index is 0.250. The monoisotopic (exact) mass is 421 g/mol. The SMILES string of the molecule is CCC(SCC(N)C(=O)O)[Si](c1ccccc1)(c1ccccc1)c1ccccc1. The molecule has 0 amide bonds. The largest absolute Gasteiger partial charge is 0.480 e. The predicted octanol–water partition coefficient (Wildman–Crippen LogP) is 2.62. The number of thioether (sulfide) groups is 1. The number of carboxylic acids is 1. The molecule has 0 aromatic heterocycles. The zero-order valence-electron chi connectivity index (χ0n) is 16.6. The average Bonchev–Trinajstić information content (AvgIpc) is 2.78. The maximum atomic E-state index is 11.3. The van der Waals surface area contributed by atoms with Gasteiger partial charge >= 0.3 is 5.97 Å². The van der Waals surface area contributed by atoms with Gasteiger partial charge in [-0.25, -0.2) is 0 Å². The van der Waals surface area contributed by atoms with E-state index in [9.17, 15) is 9.90 Å². The van der Waals surface area contributed by atoms with Gasteiger partial charge < -0.3 is 10.8 Å². The van der Waals surface area contributed by atoms with Crippen LogP contribution in [0.4, 0.5) is 0 Å². The first-order chi connectivity index (χ1) is 14.1. The lowest BCUT2D eigenvalue weighted by molar-refractivity contribution is -0.137. The molecule has 5 heteroatoms. The van der Waals surface area contributed by atoms with Crippen LogP contribution < -0.4 is 21.3 Å². The normalized spacial score (nSPS) is 13.6. The molecule has 0 saturated carbocycles. The van der Waals surface area contributed by atoms with E-state index in [0.29, 0.717) is 5.75 Å². The van der Waals surface area contributed by atoms with Crippen molar-refractivity contribution in [3.05, 3.63) is 91.0 Å². The van der Waals surface area contributed by atoms with Crippen molar-refractivity contribution in [2.24, 2.45) is 5.73 Å². The van der Waals surface area contributed by atoms with Crippen LogP contribution in [0, 0.1) is 0 Å². The summed E-state index contributed by atoms with van der Waals surface area (Å²) in [4.78, 5) is 11.6. The second-order valence-electron chi connectivity index (χ2n) is 7.08. The summed E-state index contributed by atoms with van der Waals surface area (Å²) >= 11 is 1.71. The summed E-state index contributed by atoms with van der Waals surface area (Å²) < 4.78 is 0. The molecule has 0 aliphatic carbocycles. The number of rotatable bonds is 9. The van der Waals surface area contributed by atoms with Gasteiger partial charge in [-0.1, -0.05) is 97.9 Å². The van der Waals surface area contributed by atoms with Crippen LogP contribution in [0.5, 0.6) is 0 Å². The van der Waals surface area contributed by atoms with Crippen LogP contribution in [-0.4, -0.2) is 35.8 Å². The molecule has 2 unspecified atom stereocenters. The Balaban J connectivity index is 2.22. The van der Waals surface area contributed by atoms with Crippen LogP contribution in [0.15, 0.2) is 91.0 Å². The van der Waals surface area contributed by atoms with Gasteiger partial charge in [0.15, 0.2) is 8.07 Å². The van der Waals surface area contributed by atoms with E-state index in [4.69, 9.17) is 5.73 Å². The van der Waals surface area contributed by atoms with Gasteiger partial charge in [-0.2, -0.15) is 11.8 Å². The van der Waals surface area contributed by atoms with Crippen molar-refractivity contribution < 1.29 is 9.90 Å². The van der Waals surface area contributed by atoms with E-state index in [1.165, 1.54) is 15.6 Å². The number of nitrogens with two attached hydrogens (primary N) is 1. The highest BCUT2D eigenvalue weighted by Crippen LogP contribution is 2.26. The lowest BCUT2D eigenvalue weighted by Crippen LogP contribution is -2.73. The van der Waals surface area contributed by atoms with E-state index in [-0.39, 0.29) is 4.87 Å². The van der Waals surface area contributed by atoms with Crippen molar-refractivity contribution in [3.63, 3.8) is 0 Å². The summed E-state index contributed by atoms with van der Waals surface area (Å²) in [6, 6.07) is 31.3. The van der Waals surface area contributed by atoms with Crippen LogP contribution in [-0.2, 0) is 4.79 Å². The molecule has 0 radical (unpaired) electrons. The summed E-state index contributed by atoms with van der Waals surface area (Å²) in [5, 5.41) is 13.3. The highest BCUT2D eigenvalue weighted by Gasteiger charge is 2.46. The van der Waals surface area contributed by atoms with E-state index >= 15 is 0 Å². The highest BCUT2D eigenvalue weighted by atomic mass is 32.2. The maximum Gasteiger partial charge on any atom is 0.321 e. The molecule has 3 rings (SSSR count). The highest BCUT2D eigenvalue weighted by molar-refractivity contribution is 8.02. The lowest BCUT2D eigenvalue weighted by Gasteiger charge is -2.40. The topological polar surface area (TPSA) is 63.3 Å². The third-order valence-corrected chi connectivity index (χ3v) is 13.3. The molecule has 0 heterocycles. The van der Waals surface area contributed by atoms with E-state index in [1.54, 1.807) is 11.8 Å². The number of carbonyl (C=O) groups is 1. The van der Waals surface area contributed by atoms with Gasteiger partial charge in [-0.05, 0) is 22.0 Å². The molecular weight excluding hydrogens is 394 g/mol. The molecule has 3 aromatic carbocycles. The van der Waals surface area contributed by atoms with Crippen molar-refractivity contribution in [2.75, 3.05) is 5.75 Å². The number of benzene rings is 3. The van der Waals surface area contributed by atoms with Gasteiger partial charge in [0.2, 0.25) is 0 Å². The molecule has 0 bridgehead atoms. The summed E-state index contributed by atoms with van der Waals surface area (Å²) in [5.74, 6) is -0.548. The second kappa shape index (κ2) is 9.92. The fourth-order valence-electron chi connectivity index (χ4n) is 4.00. The summed E-state index contributed by atoms with van der Waals surface area (Å²) in [7, 11) is -2.44. The lowest BCUT2D eigenvalue weighted by atomic mass is 10.3. The van der Waals surface area contributed by atoms with Crippen molar-refractivity contribution in [3.8, 4) is 0 Å². The molecule has 0 fully saturated rings. The Morgan fingerprint density at radius 2 is 1.24 bits per heavy atom. The zero-order valence-corrected chi connectivity index (χ0v) is 18.4. The second-order valence-corrected chi connectivity index (χ2v) is 12.8. The molecular formula is C24H27NO2SSi. The fraction of sp³-hybridized carbons (Fsp3) is 0.208. The van der Waals surface area contributed by atoms with Gasteiger partial charge in [0.25, 0.3) is 0 Å². The Hall–Kier alpha value is -2.34. The first-order valence-corrected chi connectivity index (χ1v) is 13.0. The van der Waals surface area contributed by atoms with Crippen LogP contribution in [0.2, 0.25) is 0 Å². The van der Waals surface area contributed by atoms with Gasteiger partial charge in [0.1, 0.15) is 6.04 Å². The van der Waals surface area contributed by atoms with Gasteiger partial charge in [-0.15, -0.1) is 0 Å². The van der Waals surface area contributed by atoms with Crippen molar-refractivity contribution in [2.45, 2.75) is 24.3 Å². The molecule has 150 valence electrons. The Kier molecular flexibility index (Phi) is 7.31. The molecule has 3 N–H and O–H groups in total. The summed E-state index contributed by atoms with van der Waals surface area (Å²) in [6.45, 7) is 2.19.